The SMILES string of the molecule is CCCCc1ccc(N2CC(C(=O)Nc3ccccc3OCCC(N)=O)CC2=O)cc1. The van der Waals surface area contributed by atoms with Crippen LogP contribution in [0.5, 0.6) is 5.75 Å². The zero-order valence-electron chi connectivity index (χ0n) is 17.8. The molecular formula is C24H29N3O4. The van der Waals surface area contributed by atoms with E-state index in [2.05, 4.69) is 12.2 Å². The summed E-state index contributed by atoms with van der Waals surface area (Å²) in [5.74, 6) is -0.745. The van der Waals surface area contributed by atoms with Gasteiger partial charge < -0.3 is 20.7 Å². The second-order valence-electron chi connectivity index (χ2n) is 7.73. The maximum Gasteiger partial charge on any atom is 0.229 e. The molecule has 1 aliphatic heterocycles. The van der Waals surface area contributed by atoms with E-state index in [1.165, 1.54) is 5.56 Å². The maximum atomic E-state index is 12.8. The highest BCUT2D eigenvalue weighted by Crippen LogP contribution is 2.29. The van der Waals surface area contributed by atoms with E-state index in [0.717, 1.165) is 24.9 Å². The lowest BCUT2D eigenvalue weighted by molar-refractivity contribution is -0.122. The van der Waals surface area contributed by atoms with Gasteiger partial charge in [-0.3, -0.25) is 14.4 Å². The summed E-state index contributed by atoms with van der Waals surface area (Å²) in [5, 5.41) is 2.86. The standard InChI is InChI=1S/C24H29N3O4/c1-2-3-6-17-9-11-19(12-10-17)27-16-18(15-23(27)29)24(30)26-20-7-4-5-8-21(20)31-14-13-22(25)28/h4-5,7-12,18H,2-3,6,13-16H2,1H3,(H2,25,28)(H,26,30). The third-order valence-electron chi connectivity index (χ3n) is 5.31. The summed E-state index contributed by atoms with van der Waals surface area (Å²) in [5.41, 5.74) is 7.70. The average molecular weight is 424 g/mol. The van der Waals surface area contributed by atoms with E-state index in [-0.39, 0.29) is 31.3 Å². The highest BCUT2D eigenvalue weighted by atomic mass is 16.5. The monoisotopic (exact) mass is 423 g/mol. The number of hydrogen-bond acceptors (Lipinski definition) is 4. The smallest absolute Gasteiger partial charge is 0.229 e. The van der Waals surface area contributed by atoms with Crippen molar-refractivity contribution in [3.8, 4) is 5.75 Å². The molecule has 0 spiro atoms. The Morgan fingerprint density at radius 2 is 1.90 bits per heavy atom. The zero-order chi connectivity index (χ0) is 22.2. The molecule has 1 aliphatic rings. The van der Waals surface area contributed by atoms with Crippen molar-refractivity contribution in [3.05, 3.63) is 54.1 Å². The van der Waals surface area contributed by atoms with Gasteiger partial charge in [0.2, 0.25) is 17.7 Å². The van der Waals surface area contributed by atoms with Crippen molar-refractivity contribution in [1.82, 2.24) is 0 Å². The number of aryl methyl sites for hydroxylation is 1. The number of para-hydroxylation sites is 2. The normalized spacial score (nSPS) is 15.7. The third-order valence-corrected chi connectivity index (χ3v) is 5.31. The molecule has 3 rings (SSSR count). The summed E-state index contributed by atoms with van der Waals surface area (Å²) < 4.78 is 5.57. The Bertz CT molecular complexity index is 927. The van der Waals surface area contributed by atoms with E-state index < -0.39 is 11.8 Å². The summed E-state index contributed by atoms with van der Waals surface area (Å²) in [6, 6.07) is 15.0. The summed E-state index contributed by atoms with van der Waals surface area (Å²) >= 11 is 0. The van der Waals surface area contributed by atoms with Gasteiger partial charge in [-0.25, -0.2) is 0 Å². The van der Waals surface area contributed by atoms with E-state index in [9.17, 15) is 14.4 Å². The quantitative estimate of drug-likeness (QED) is 0.612. The van der Waals surface area contributed by atoms with Crippen molar-refractivity contribution in [2.45, 2.75) is 39.0 Å². The van der Waals surface area contributed by atoms with Crippen LogP contribution in [-0.4, -0.2) is 30.9 Å². The van der Waals surface area contributed by atoms with Crippen molar-refractivity contribution in [2.24, 2.45) is 11.7 Å². The molecule has 0 saturated carbocycles. The summed E-state index contributed by atoms with van der Waals surface area (Å²) in [6.07, 6.45) is 3.55. The van der Waals surface area contributed by atoms with Crippen LogP contribution in [0.1, 0.15) is 38.2 Å². The second-order valence-corrected chi connectivity index (χ2v) is 7.73. The molecule has 0 radical (unpaired) electrons. The lowest BCUT2D eigenvalue weighted by Gasteiger charge is -2.18. The summed E-state index contributed by atoms with van der Waals surface area (Å²) in [6.45, 7) is 2.63. The third kappa shape index (κ3) is 6.07. The highest BCUT2D eigenvalue weighted by Gasteiger charge is 2.35. The molecular weight excluding hydrogens is 394 g/mol. The molecule has 7 heteroatoms. The van der Waals surface area contributed by atoms with Crippen molar-refractivity contribution in [2.75, 3.05) is 23.4 Å². The van der Waals surface area contributed by atoms with Crippen LogP contribution in [0.2, 0.25) is 0 Å². The molecule has 0 aromatic heterocycles. The average Bonchev–Trinajstić information content (AvgIpc) is 3.15. The van der Waals surface area contributed by atoms with Gasteiger partial charge in [-0.1, -0.05) is 37.6 Å². The maximum absolute atomic E-state index is 12.8. The van der Waals surface area contributed by atoms with Crippen LogP contribution in [0.25, 0.3) is 0 Å². The molecule has 31 heavy (non-hydrogen) atoms. The largest absolute Gasteiger partial charge is 0.491 e. The molecule has 1 saturated heterocycles. The number of nitrogens with two attached hydrogens (primary N) is 1. The van der Waals surface area contributed by atoms with E-state index in [4.69, 9.17) is 10.5 Å². The Morgan fingerprint density at radius 3 is 2.61 bits per heavy atom. The molecule has 2 aromatic rings. The number of ether oxygens (including phenoxy) is 1. The van der Waals surface area contributed by atoms with Crippen LogP contribution in [0.15, 0.2) is 48.5 Å². The van der Waals surface area contributed by atoms with E-state index >= 15 is 0 Å². The van der Waals surface area contributed by atoms with Gasteiger partial charge in [-0.15, -0.1) is 0 Å². The number of rotatable bonds is 10. The Labute approximate surface area is 182 Å². The molecule has 0 bridgehead atoms. The summed E-state index contributed by atoms with van der Waals surface area (Å²) in [4.78, 5) is 37.9. The molecule has 1 fully saturated rings. The summed E-state index contributed by atoms with van der Waals surface area (Å²) in [7, 11) is 0. The lowest BCUT2D eigenvalue weighted by atomic mass is 10.1. The van der Waals surface area contributed by atoms with Gasteiger partial charge in [0, 0.05) is 18.7 Å². The Hall–Kier alpha value is -3.35. The van der Waals surface area contributed by atoms with Gasteiger partial charge in [0.15, 0.2) is 0 Å². The fraction of sp³-hybridized carbons (Fsp3) is 0.375. The van der Waals surface area contributed by atoms with Crippen molar-refractivity contribution >= 4 is 29.1 Å². The van der Waals surface area contributed by atoms with Gasteiger partial charge in [-0.05, 0) is 42.7 Å². The molecule has 1 heterocycles. The van der Waals surface area contributed by atoms with Crippen molar-refractivity contribution in [3.63, 3.8) is 0 Å². The number of carbonyl (C=O) groups is 3. The Morgan fingerprint density at radius 1 is 1.16 bits per heavy atom. The van der Waals surface area contributed by atoms with Gasteiger partial charge in [0.25, 0.3) is 0 Å². The number of benzene rings is 2. The molecule has 3 N–H and O–H groups in total. The van der Waals surface area contributed by atoms with Crippen LogP contribution >= 0.6 is 0 Å². The fourth-order valence-electron chi connectivity index (χ4n) is 3.55. The zero-order valence-corrected chi connectivity index (χ0v) is 17.8. The van der Waals surface area contributed by atoms with E-state index in [0.29, 0.717) is 18.0 Å². The lowest BCUT2D eigenvalue weighted by Crippen LogP contribution is -2.28. The molecule has 3 amide bonds. The Kier molecular flexibility index (Phi) is 7.65. The first-order valence-corrected chi connectivity index (χ1v) is 10.7. The van der Waals surface area contributed by atoms with Gasteiger partial charge in [0.1, 0.15) is 5.75 Å². The minimum Gasteiger partial charge on any atom is -0.491 e. The van der Waals surface area contributed by atoms with Crippen molar-refractivity contribution in [1.29, 1.82) is 0 Å². The first-order valence-electron chi connectivity index (χ1n) is 10.7. The molecule has 0 aliphatic carbocycles. The van der Waals surface area contributed by atoms with Gasteiger partial charge in [-0.2, -0.15) is 0 Å². The molecule has 2 aromatic carbocycles. The number of nitrogens with one attached hydrogen (secondary N) is 1. The molecule has 1 atom stereocenters. The topological polar surface area (TPSA) is 102 Å². The number of primary amides is 1. The van der Waals surface area contributed by atoms with Crippen LogP contribution in [-0.2, 0) is 20.8 Å². The van der Waals surface area contributed by atoms with Crippen LogP contribution in [0, 0.1) is 5.92 Å². The minimum atomic E-state index is -0.454. The minimum absolute atomic E-state index is 0.0625. The van der Waals surface area contributed by atoms with E-state index in [1.54, 1.807) is 29.2 Å². The number of nitrogens with zero attached hydrogens (tertiary/aromatic N) is 1. The predicted octanol–water partition coefficient (Wildman–Crippen LogP) is 3.28. The Balaban J connectivity index is 1.61. The first kappa shape index (κ1) is 22.3. The molecule has 164 valence electrons. The number of anilines is 2. The van der Waals surface area contributed by atoms with E-state index in [1.807, 2.05) is 24.3 Å². The molecule has 1 unspecified atom stereocenters. The van der Waals surface area contributed by atoms with Crippen LogP contribution in [0.3, 0.4) is 0 Å². The van der Waals surface area contributed by atoms with Gasteiger partial charge in [0.05, 0.1) is 24.6 Å². The van der Waals surface area contributed by atoms with Crippen molar-refractivity contribution < 1.29 is 19.1 Å². The number of amides is 3. The van der Waals surface area contributed by atoms with Crippen LogP contribution < -0.4 is 20.7 Å². The van der Waals surface area contributed by atoms with Crippen LogP contribution in [0.4, 0.5) is 11.4 Å². The second kappa shape index (κ2) is 10.6. The number of carbonyl (C=O) groups excluding carboxylic acids is 3. The number of unbranched alkanes of at least 4 members (excludes halogenated alkanes) is 1. The predicted molar refractivity (Wildman–Crippen MR) is 120 cm³/mol. The first-order chi connectivity index (χ1) is 15.0. The molecule has 7 nitrogen and oxygen atoms in total. The number of hydrogen-bond donors (Lipinski definition) is 2. The fourth-order valence-corrected chi connectivity index (χ4v) is 3.55. The highest BCUT2D eigenvalue weighted by molar-refractivity contribution is 6.03. The van der Waals surface area contributed by atoms with Gasteiger partial charge >= 0.3 is 0 Å².